The van der Waals surface area contributed by atoms with Gasteiger partial charge in [-0.1, -0.05) is 12.1 Å². The fourth-order valence-electron chi connectivity index (χ4n) is 5.05. The molecule has 5 aromatic rings. The van der Waals surface area contributed by atoms with Crippen LogP contribution in [-0.2, 0) is 0 Å². The van der Waals surface area contributed by atoms with Gasteiger partial charge in [-0.2, -0.15) is 10.2 Å². The van der Waals surface area contributed by atoms with Crippen LogP contribution in [0.25, 0.3) is 33.8 Å². The number of nitrogens with zero attached hydrogens (tertiary/aromatic N) is 6. The maximum absolute atomic E-state index is 4.89. The third-order valence-electron chi connectivity index (χ3n) is 6.79. The van der Waals surface area contributed by atoms with E-state index in [0.717, 1.165) is 52.7 Å². The smallest absolute Gasteiger partial charge is 0.154 e. The topological polar surface area (TPSA) is 84.4 Å². The molecule has 0 atom stereocenters. The summed E-state index contributed by atoms with van der Waals surface area (Å²) in [5.41, 5.74) is 5.90. The van der Waals surface area contributed by atoms with E-state index >= 15 is 0 Å². The van der Waals surface area contributed by atoms with E-state index in [1.807, 2.05) is 76.2 Å². The van der Waals surface area contributed by atoms with Crippen molar-refractivity contribution in [2.75, 3.05) is 18.4 Å². The summed E-state index contributed by atoms with van der Waals surface area (Å²) in [5, 5.41) is 16.3. The zero-order chi connectivity index (χ0) is 21.1. The average Bonchev–Trinajstić information content (AvgIpc) is 3.38. The lowest BCUT2D eigenvalue weighted by atomic mass is 9.62. The van der Waals surface area contributed by atoms with Crippen LogP contribution >= 0.6 is 0 Å². The highest BCUT2D eigenvalue weighted by atomic mass is 15.3. The summed E-state index contributed by atoms with van der Waals surface area (Å²) in [5.74, 6) is 0.906. The molecule has 1 aliphatic heterocycles. The van der Waals surface area contributed by atoms with E-state index in [9.17, 15) is 0 Å². The summed E-state index contributed by atoms with van der Waals surface area (Å²) in [4.78, 5) is 9.42. The Balaban J connectivity index is 1.23. The highest BCUT2D eigenvalue weighted by molar-refractivity contribution is 5.78. The van der Waals surface area contributed by atoms with E-state index in [1.165, 1.54) is 12.8 Å². The lowest BCUT2D eigenvalue weighted by Gasteiger charge is -2.54. The van der Waals surface area contributed by atoms with Gasteiger partial charge >= 0.3 is 0 Å². The number of aromatic nitrogens is 6. The van der Waals surface area contributed by atoms with Crippen LogP contribution in [0.5, 0.6) is 0 Å². The van der Waals surface area contributed by atoms with Gasteiger partial charge in [-0.25, -0.2) is 19.0 Å². The van der Waals surface area contributed by atoms with Crippen LogP contribution in [0.4, 0.5) is 5.82 Å². The molecule has 1 aliphatic carbocycles. The number of imidazole rings is 1. The summed E-state index contributed by atoms with van der Waals surface area (Å²) in [6.07, 6.45) is 8.06. The summed E-state index contributed by atoms with van der Waals surface area (Å²) in [6.45, 7) is 2.31. The fourth-order valence-corrected chi connectivity index (χ4v) is 5.05. The van der Waals surface area contributed by atoms with Crippen molar-refractivity contribution in [3.05, 3.63) is 67.1 Å². The van der Waals surface area contributed by atoms with Gasteiger partial charge in [-0.15, -0.1) is 0 Å². The summed E-state index contributed by atoms with van der Waals surface area (Å²) >= 11 is 0. The minimum Gasteiger partial charge on any atom is -0.367 e. The van der Waals surface area contributed by atoms with Crippen LogP contribution in [0.1, 0.15) is 12.8 Å². The van der Waals surface area contributed by atoms with Gasteiger partial charge in [-0.3, -0.25) is 0 Å². The summed E-state index contributed by atoms with van der Waals surface area (Å²) in [7, 11) is 0. The predicted molar refractivity (Wildman–Crippen MR) is 122 cm³/mol. The van der Waals surface area contributed by atoms with E-state index in [4.69, 9.17) is 10.1 Å². The van der Waals surface area contributed by atoms with E-state index in [0.29, 0.717) is 11.5 Å². The van der Waals surface area contributed by atoms with Crippen molar-refractivity contribution in [2.24, 2.45) is 5.41 Å². The molecule has 0 bridgehead atoms. The third-order valence-corrected chi connectivity index (χ3v) is 6.79. The first-order chi connectivity index (χ1) is 15.8. The summed E-state index contributed by atoms with van der Waals surface area (Å²) in [6, 6.07) is 16.6. The average molecular weight is 422 g/mol. The Morgan fingerprint density at radius 1 is 0.969 bits per heavy atom. The Kier molecular flexibility index (Phi) is 3.69. The van der Waals surface area contributed by atoms with Gasteiger partial charge in [0.25, 0.3) is 0 Å². The molecule has 1 saturated heterocycles. The quantitative estimate of drug-likeness (QED) is 0.463. The van der Waals surface area contributed by atoms with Gasteiger partial charge in [0.2, 0.25) is 0 Å². The number of pyridine rings is 2. The van der Waals surface area contributed by atoms with Crippen LogP contribution in [0.15, 0.2) is 67.1 Å². The van der Waals surface area contributed by atoms with Gasteiger partial charge < -0.3 is 10.6 Å². The van der Waals surface area contributed by atoms with E-state index in [1.54, 1.807) is 0 Å². The Labute approximate surface area is 184 Å². The number of anilines is 1. The van der Waals surface area contributed by atoms with Crippen LogP contribution < -0.4 is 10.6 Å². The predicted octanol–water partition coefficient (Wildman–Crippen LogP) is 3.27. The number of hydrogen-bond acceptors (Lipinski definition) is 6. The lowest BCUT2D eigenvalue weighted by Crippen LogP contribution is -2.63. The second-order valence-corrected chi connectivity index (χ2v) is 8.98. The van der Waals surface area contributed by atoms with Crippen LogP contribution in [-0.4, -0.2) is 48.3 Å². The minimum atomic E-state index is 0.502. The first kappa shape index (κ1) is 17.9. The first-order valence-corrected chi connectivity index (χ1v) is 11.0. The molecule has 32 heavy (non-hydrogen) atoms. The molecule has 1 spiro atoms. The van der Waals surface area contributed by atoms with Crippen molar-refractivity contribution in [1.82, 2.24) is 34.5 Å². The SMILES string of the molecule is c1cc(NC2CC3(CNC3)C2)nc(-c2cnc3ccc(-c4cnn5ccccc45)nn23)c1. The molecule has 8 nitrogen and oxygen atoms in total. The molecular formula is C24H22N8. The molecule has 6 heterocycles. The molecule has 0 amide bonds. The monoisotopic (exact) mass is 422 g/mol. The van der Waals surface area contributed by atoms with Gasteiger partial charge in [-0.05, 0) is 54.7 Å². The standard InChI is InChI=1S/C24H22N8/c1-2-9-31-20(5-1)17(12-27-31)18-7-8-23-26-13-21(32(23)30-18)19-4-3-6-22(29-19)28-16-10-24(11-16)14-25-15-24/h1-9,12-13,16,25H,10-11,14-15H2,(H,28,29). The van der Waals surface area contributed by atoms with Crippen LogP contribution in [0.2, 0.25) is 0 Å². The minimum absolute atomic E-state index is 0.502. The van der Waals surface area contributed by atoms with Gasteiger partial charge in [0.15, 0.2) is 5.65 Å². The van der Waals surface area contributed by atoms with Crippen molar-refractivity contribution >= 4 is 17.0 Å². The molecule has 2 aliphatic rings. The Morgan fingerprint density at radius 3 is 2.78 bits per heavy atom. The number of rotatable bonds is 4. The molecule has 1 saturated carbocycles. The molecule has 7 rings (SSSR count). The van der Waals surface area contributed by atoms with Crippen LogP contribution in [0, 0.1) is 5.41 Å². The van der Waals surface area contributed by atoms with Crippen molar-refractivity contribution < 1.29 is 0 Å². The normalized spacial score (nSPS) is 17.5. The van der Waals surface area contributed by atoms with Crippen molar-refractivity contribution in [2.45, 2.75) is 18.9 Å². The van der Waals surface area contributed by atoms with Gasteiger partial charge in [0.1, 0.15) is 11.5 Å². The Morgan fingerprint density at radius 2 is 1.91 bits per heavy atom. The molecule has 8 heteroatoms. The molecule has 2 fully saturated rings. The molecule has 0 unspecified atom stereocenters. The first-order valence-electron chi connectivity index (χ1n) is 11.0. The molecule has 158 valence electrons. The zero-order valence-corrected chi connectivity index (χ0v) is 17.4. The highest BCUT2D eigenvalue weighted by Gasteiger charge is 2.48. The lowest BCUT2D eigenvalue weighted by molar-refractivity contribution is 0.0469. The number of nitrogens with one attached hydrogen (secondary N) is 2. The number of fused-ring (bicyclic) bond motifs is 2. The molecule has 0 radical (unpaired) electrons. The second-order valence-electron chi connectivity index (χ2n) is 8.98. The molecule has 0 aromatic carbocycles. The van der Waals surface area contributed by atoms with E-state index < -0.39 is 0 Å². The number of hydrogen-bond donors (Lipinski definition) is 2. The molecular weight excluding hydrogens is 400 g/mol. The zero-order valence-electron chi connectivity index (χ0n) is 17.4. The highest BCUT2D eigenvalue weighted by Crippen LogP contribution is 2.45. The van der Waals surface area contributed by atoms with Crippen molar-refractivity contribution in [3.8, 4) is 22.6 Å². The Bertz CT molecular complexity index is 1450. The second kappa shape index (κ2) is 6.61. The Hall–Kier alpha value is -3.78. The fraction of sp³-hybridized carbons (Fsp3) is 0.250. The van der Waals surface area contributed by atoms with Gasteiger partial charge in [0.05, 0.1) is 29.3 Å². The largest absolute Gasteiger partial charge is 0.367 e. The van der Waals surface area contributed by atoms with E-state index in [-0.39, 0.29) is 0 Å². The van der Waals surface area contributed by atoms with Crippen molar-refractivity contribution in [1.29, 1.82) is 0 Å². The maximum Gasteiger partial charge on any atom is 0.154 e. The van der Waals surface area contributed by atoms with Crippen molar-refractivity contribution in [3.63, 3.8) is 0 Å². The van der Waals surface area contributed by atoms with Crippen LogP contribution in [0.3, 0.4) is 0 Å². The van der Waals surface area contributed by atoms with Gasteiger partial charge in [0, 0.05) is 30.9 Å². The molecule has 2 N–H and O–H groups in total. The van der Waals surface area contributed by atoms with E-state index in [2.05, 4.69) is 20.7 Å². The maximum atomic E-state index is 4.89. The summed E-state index contributed by atoms with van der Waals surface area (Å²) < 4.78 is 3.73. The third kappa shape index (κ3) is 2.73. The molecule has 5 aromatic heterocycles.